The summed E-state index contributed by atoms with van der Waals surface area (Å²) in [5.41, 5.74) is 0. The van der Waals surface area contributed by atoms with E-state index in [-0.39, 0.29) is 12.4 Å². The number of carbonyl (C=O) groups excluding carboxylic acids is 2. The zero-order valence-corrected chi connectivity index (χ0v) is 10.1. The first-order valence-electron chi connectivity index (χ1n) is 5.54. The smallest absolute Gasteiger partial charge is 0.303 e. The Morgan fingerprint density at radius 1 is 1.41 bits per heavy atom. The van der Waals surface area contributed by atoms with Crippen molar-refractivity contribution in [2.75, 3.05) is 13.2 Å². The molecule has 0 amide bonds. The van der Waals surface area contributed by atoms with Crippen LogP contribution < -0.4 is 0 Å². The van der Waals surface area contributed by atoms with Gasteiger partial charge < -0.3 is 18.9 Å². The van der Waals surface area contributed by atoms with Crippen LogP contribution in [0.2, 0.25) is 0 Å². The van der Waals surface area contributed by atoms with Gasteiger partial charge in [-0.15, -0.1) is 0 Å². The summed E-state index contributed by atoms with van der Waals surface area (Å²) in [6.45, 7) is 4.99. The van der Waals surface area contributed by atoms with Crippen LogP contribution in [0.3, 0.4) is 0 Å². The maximum atomic E-state index is 12.2. The van der Waals surface area contributed by atoms with Crippen molar-refractivity contribution in [2.24, 2.45) is 0 Å². The molecule has 0 bridgehead atoms. The molecule has 0 radical (unpaired) electrons. The number of ketones is 1. The zero-order chi connectivity index (χ0) is 12.7. The Morgan fingerprint density at radius 2 is 2.12 bits per heavy atom. The Hall–Kier alpha value is -0.980. The van der Waals surface area contributed by atoms with Gasteiger partial charge >= 0.3 is 5.97 Å². The molecule has 6 heteroatoms. The van der Waals surface area contributed by atoms with Gasteiger partial charge in [0.15, 0.2) is 11.9 Å². The van der Waals surface area contributed by atoms with E-state index in [1.165, 1.54) is 6.92 Å². The third-order valence-electron chi connectivity index (χ3n) is 2.71. The van der Waals surface area contributed by atoms with E-state index in [1.807, 2.05) is 0 Å². The average molecular weight is 244 g/mol. The maximum absolute atomic E-state index is 12.2. The number of esters is 1. The molecule has 0 saturated carbocycles. The first-order valence-corrected chi connectivity index (χ1v) is 5.54. The minimum absolute atomic E-state index is 0.0244. The van der Waals surface area contributed by atoms with Crippen molar-refractivity contribution in [2.45, 2.75) is 44.9 Å². The Bertz CT molecular complexity index is 350. The number of Topliss-reactive ketones (excluding diaryl/α,β-unsaturated/α-hetero) is 1. The van der Waals surface area contributed by atoms with Gasteiger partial charge in [-0.1, -0.05) is 0 Å². The summed E-state index contributed by atoms with van der Waals surface area (Å²) in [6, 6.07) is 0. The zero-order valence-electron chi connectivity index (χ0n) is 10.1. The molecule has 0 aromatic carbocycles. The topological polar surface area (TPSA) is 71.1 Å². The molecule has 17 heavy (non-hydrogen) atoms. The van der Waals surface area contributed by atoms with E-state index in [1.54, 1.807) is 13.8 Å². The van der Waals surface area contributed by atoms with Crippen molar-refractivity contribution in [3.8, 4) is 0 Å². The van der Waals surface area contributed by atoms with E-state index < -0.39 is 23.6 Å². The molecule has 96 valence electrons. The van der Waals surface area contributed by atoms with Crippen LogP contribution in [-0.2, 0) is 28.5 Å². The molecule has 2 atom stereocenters. The van der Waals surface area contributed by atoms with Gasteiger partial charge in [-0.3, -0.25) is 9.59 Å². The highest BCUT2D eigenvalue weighted by atomic mass is 16.8. The number of hydrogen-bond acceptors (Lipinski definition) is 6. The van der Waals surface area contributed by atoms with Crippen molar-refractivity contribution in [1.82, 2.24) is 0 Å². The van der Waals surface area contributed by atoms with Crippen LogP contribution in [0, 0.1) is 0 Å². The average Bonchev–Trinajstić information content (AvgIpc) is 2.51. The van der Waals surface area contributed by atoms with Crippen LogP contribution in [0.1, 0.15) is 27.2 Å². The van der Waals surface area contributed by atoms with E-state index >= 15 is 0 Å². The van der Waals surface area contributed by atoms with E-state index in [0.29, 0.717) is 13.0 Å². The van der Waals surface area contributed by atoms with Gasteiger partial charge in [0.2, 0.25) is 5.78 Å². The van der Waals surface area contributed by atoms with Crippen molar-refractivity contribution in [1.29, 1.82) is 0 Å². The third-order valence-corrected chi connectivity index (χ3v) is 2.71. The van der Waals surface area contributed by atoms with Gasteiger partial charge in [-0.25, -0.2) is 0 Å². The number of hydrogen-bond donors (Lipinski definition) is 0. The maximum Gasteiger partial charge on any atom is 0.303 e. The molecule has 2 rings (SSSR count). The van der Waals surface area contributed by atoms with Crippen molar-refractivity contribution < 1.29 is 28.5 Å². The van der Waals surface area contributed by atoms with E-state index in [4.69, 9.17) is 18.9 Å². The molecule has 6 nitrogen and oxygen atoms in total. The summed E-state index contributed by atoms with van der Waals surface area (Å²) in [4.78, 5) is 23.1. The normalized spacial score (nSPS) is 36.2. The summed E-state index contributed by atoms with van der Waals surface area (Å²) in [5, 5.41) is 0. The molecule has 0 aliphatic carbocycles. The number of ether oxygens (including phenoxy) is 4. The fourth-order valence-electron chi connectivity index (χ4n) is 2.01. The highest BCUT2D eigenvalue weighted by Crippen LogP contribution is 2.36. The fourth-order valence-corrected chi connectivity index (χ4v) is 2.01. The largest absolute Gasteiger partial charge is 0.454 e. The molecule has 2 fully saturated rings. The lowest BCUT2D eigenvalue weighted by atomic mass is 10.0. The van der Waals surface area contributed by atoms with Gasteiger partial charge in [-0.05, 0) is 13.8 Å². The molecule has 2 aliphatic rings. The molecular weight excluding hydrogens is 228 g/mol. The van der Waals surface area contributed by atoms with Gasteiger partial charge in [0.05, 0.1) is 6.61 Å². The van der Waals surface area contributed by atoms with E-state index in [0.717, 1.165) is 0 Å². The lowest BCUT2D eigenvalue weighted by Gasteiger charge is -2.34. The fraction of sp³-hybridized carbons (Fsp3) is 0.818. The first kappa shape index (κ1) is 12.5. The Labute approximate surface area is 99.2 Å². The highest BCUT2D eigenvalue weighted by Gasteiger charge is 2.56. The minimum Gasteiger partial charge on any atom is -0.454 e. The molecule has 2 unspecified atom stereocenters. The second-order valence-corrected chi connectivity index (χ2v) is 4.64. The summed E-state index contributed by atoms with van der Waals surface area (Å²) >= 11 is 0. The monoisotopic (exact) mass is 244 g/mol. The van der Waals surface area contributed by atoms with Gasteiger partial charge in [-0.2, -0.15) is 0 Å². The van der Waals surface area contributed by atoms with Crippen LogP contribution in [0.15, 0.2) is 0 Å². The SMILES string of the molecule is CC(=O)OC1CCOC2(COC(C)(C)O2)C1=O. The van der Waals surface area contributed by atoms with Gasteiger partial charge in [0, 0.05) is 13.3 Å². The van der Waals surface area contributed by atoms with Crippen molar-refractivity contribution >= 4 is 11.8 Å². The van der Waals surface area contributed by atoms with Crippen molar-refractivity contribution in [3.63, 3.8) is 0 Å². The summed E-state index contributed by atoms with van der Waals surface area (Å²) < 4.78 is 21.2. The van der Waals surface area contributed by atoms with Crippen molar-refractivity contribution in [3.05, 3.63) is 0 Å². The van der Waals surface area contributed by atoms with Crippen LogP contribution in [0.25, 0.3) is 0 Å². The Balaban J connectivity index is 2.14. The molecule has 2 aliphatic heterocycles. The number of rotatable bonds is 1. The lowest BCUT2D eigenvalue weighted by Crippen LogP contribution is -2.55. The second-order valence-electron chi connectivity index (χ2n) is 4.64. The van der Waals surface area contributed by atoms with Crippen LogP contribution >= 0.6 is 0 Å². The molecule has 2 heterocycles. The number of carbonyl (C=O) groups is 2. The predicted octanol–water partition coefficient (Wildman–Crippen LogP) is 0.387. The van der Waals surface area contributed by atoms with Crippen LogP contribution in [0.4, 0.5) is 0 Å². The molecule has 0 N–H and O–H groups in total. The molecular formula is C11H16O6. The minimum atomic E-state index is -1.41. The van der Waals surface area contributed by atoms with Crippen LogP contribution in [0.5, 0.6) is 0 Å². The Kier molecular flexibility index (Phi) is 2.97. The van der Waals surface area contributed by atoms with Gasteiger partial charge in [0.1, 0.15) is 6.61 Å². The quantitative estimate of drug-likeness (QED) is 0.621. The highest BCUT2D eigenvalue weighted by molar-refractivity contribution is 5.92. The van der Waals surface area contributed by atoms with Crippen LogP contribution in [-0.4, -0.2) is 42.6 Å². The second kappa shape index (κ2) is 4.04. The molecule has 0 aromatic heterocycles. The standard InChI is InChI=1S/C11H16O6/c1-7(12)16-8-4-5-14-11(9(8)13)6-15-10(2,3)17-11/h8H,4-6H2,1-3H3. The summed E-state index contributed by atoms with van der Waals surface area (Å²) in [6.07, 6.45) is -0.456. The Morgan fingerprint density at radius 3 is 2.65 bits per heavy atom. The molecule has 1 spiro atoms. The van der Waals surface area contributed by atoms with Gasteiger partial charge in [0.25, 0.3) is 5.79 Å². The summed E-state index contributed by atoms with van der Waals surface area (Å²) in [7, 11) is 0. The van der Waals surface area contributed by atoms with E-state index in [9.17, 15) is 9.59 Å². The lowest BCUT2D eigenvalue weighted by molar-refractivity contribution is -0.259. The first-order chi connectivity index (χ1) is 7.85. The molecule has 2 saturated heterocycles. The summed E-state index contributed by atoms with van der Waals surface area (Å²) in [5.74, 6) is -3.15. The molecule has 0 aromatic rings. The van der Waals surface area contributed by atoms with E-state index in [2.05, 4.69) is 0 Å². The predicted molar refractivity (Wildman–Crippen MR) is 55.0 cm³/mol. The third kappa shape index (κ3) is 2.34.